The Labute approximate surface area is 198 Å². The molecule has 0 spiro atoms. The van der Waals surface area contributed by atoms with Gasteiger partial charge in [-0.25, -0.2) is 0 Å². The van der Waals surface area contributed by atoms with Gasteiger partial charge >= 0.3 is 0 Å². The Hall–Kier alpha value is -1.97. The Balaban J connectivity index is 2.25. The summed E-state index contributed by atoms with van der Waals surface area (Å²) in [4.78, 5) is 2.56. The first-order valence-corrected chi connectivity index (χ1v) is 12.0. The zero-order valence-electron chi connectivity index (χ0n) is 20.8. The topological polar surface area (TPSA) is 89.2 Å². The minimum atomic E-state index is 0.124. The molecule has 8 nitrogen and oxygen atoms in total. The average molecular weight is 464 g/mol. The van der Waals surface area contributed by atoms with Crippen molar-refractivity contribution in [3.05, 3.63) is 23.7 Å². The van der Waals surface area contributed by atoms with Gasteiger partial charge in [0.25, 0.3) is 0 Å². The predicted molar refractivity (Wildman–Crippen MR) is 137 cm³/mol. The van der Waals surface area contributed by atoms with E-state index in [4.69, 9.17) is 16.6 Å². The molecule has 0 atom stereocenters. The molecular formula is C23H41N7OS. The fraction of sp³-hybridized carbons (Fsp3) is 0.696. The van der Waals surface area contributed by atoms with E-state index in [1.807, 2.05) is 32.9 Å². The van der Waals surface area contributed by atoms with E-state index >= 15 is 0 Å². The molecule has 0 aromatic carbocycles. The molecule has 0 amide bonds. The number of furan rings is 1. The molecule has 0 bridgehead atoms. The summed E-state index contributed by atoms with van der Waals surface area (Å²) >= 11 is 5.26. The molecule has 1 aromatic heterocycles. The SMILES string of the molecule is CCNCN/N=C(C)/C(=N/NC(=S)NCC)c1ccc(CN2C(C)(C)CCCC2(C)C)o1. The van der Waals surface area contributed by atoms with E-state index in [2.05, 4.69) is 64.3 Å². The lowest BCUT2D eigenvalue weighted by molar-refractivity contribution is -0.0384. The first-order valence-electron chi connectivity index (χ1n) is 11.6. The van der Waals surface area contributed by atoms with Crippen molar-refractivity contribution in [2.24, 2.45) is 10.2 Å². The van der Waals surface area contributed by atoms with Gasteiger partial charge in [-0.1, -0.05) is 6.92 Å². The lowest BCUT2D eigenvalue weighted by Gasteiger charge is -2.52. The summed E-state index contributed by atoms with van der Waals surface area (Å²) in [6.45, 7) is 18.1. The maximum absolute atomic E-state index is 6.28. The van der Waals surface area contributed by atoms with Gasteiger partial charge in [-0.05, 0) is 91.7 Å². The number of piperidine rings is 1. The molecule has 1 saturated heterocycles. The van der Waals surface area contributed by atoms with Gasteiger partial charge in [0.1, 0.15) is 11.5 Å². The Morgan fingerprint density at radius 2 is 1.78 bits per heavy atom. The van der Waals surface area contributed by atoms with Crippen LogP contribution in [0.2, 0.25) is 0 Å². The number of hydrazone groups is 2. The number of hydrogen-bond donors (Lipinski definition) is 4. The van der Waals surface area contributed by atoms with Crippen LogP contribution in [-0.2, 0) is 6.54 Å². The Morgan fingerprint density at radius 3 is 2.41 bits per heavy atom. The van der Waals surface area contributed by atoms with Crippen LogP contribution < -0.4 is 21.5 Å². The van der Waals surface area contributed by atoms with Gasteiger partial charge in [0.2, 0.25) is 0 Å². The molecular weight excluding hydrogens is 422 g/mol. The largest absolute Gasteiger partial charge is 0.458 e. The molecule has 4 N–H and O–H groups in total. The van der Waals surface area contributed by atoms with Gasteiger partial charge in [0.05, 0.1) is 18.9 Å². The average Bonchev–Trinajstić information content (AvgIpc) is 3.17. The summed E-state index contributed by atoms with van der Waals surface area (Å²) in [5.41, 5.74) is 7.47. The molecule has 32 heavy (non-hydrogen) atoms. The summed E-state index contributed by atoms with van der Waals surface area (Å²) in [5, 5.41) is 15.6. The lowest BCUT2D eigenvalue weighted by Crippen LogP contribution is -2.57. The van der Waals surface area contributed by atoms with Crippen molar-refractivity contribution < 1.29 is 4.42 Å². The van der Waals surface area contributed by atoms with Crippen molar-refractivity contribution in [1.29, 1.82) is 0 Å². The van der Waals surface area contributed by atoms with Crippen LogP contribution in [0.25, 0.3) is 0 Å². The molecule has 0 unspecified atom stereocenters. The van der Waals surface area contributed by atoms with Crippen molar-refractivity contribution in [2.45, 2.75) is 85.4 Å². The molecule has 1 aliphatic heterocycles. The zero-order chi connectivity index (χ0) is 23.8. The van der Waals surface area contributed by atoms with Crippen LogP contribution in [0.5, 0.6) is 0 Å². The van der Waals surface area contributed by atoms with Gasteiger partial charge < -0.3 is 9.73 Å². The Morgan fingerprint density at radius 1 is 1.09 bits per heavy atom. The number of thiocarbonyl (C=S) groups is 1. The first kappa shape index (κ1) is 26.3. The van der Waals surface area contributed by atoms with Gasteiger partial charge in [0.15, 0.2) is 10.9 Å². The van der Waals surface area contributed by atoms with Crippen LogP contribution in [0.3, 0.4) is 0 Å². The van der Waals surface area contributed by atoms with Crippen molar-refractivity contribution in [3.63, 3.8) is 0 Å². The molecule has 9 heteroatoms. The minimum absolute atomic E-state index is 0.124. The minimum Gasteiger partial charge on any atom is -0.458 e. The normalized spacial score (nSPS) is 19.0. The molecule has 1 aliphatic rings. The summed E-state index contributed by atoms with van der Waals surface area (Å²) in [7, 11) is 0. The summed E-state index contributed by atoms with van der Waals surface area (Å²) < 4.78 is 6.28. The van der Waals surface area contributed by atoms with Crippen LogP contribution >= 0.6 is 12.2 Å². The van der Waals surface area contributed by atoms with Crippen molar-refractivity contribution in [1.82, 2.24) is 26.4 Å². The van der Waals surface area contributed by atoms with Crippen molar-refractivity contribution in [2.75, 3.05) is 19.8 Å². The van der Waals surface area contributed by atoms with E-state index in [0.29, 0.717) is 29.0 Å². The maximum atomic E-state index is 6.28. The molecule has 2 rings (SSSR count). The van der Waals surface area contributed by atoms with Crippen LogP contribution in [0.1, 0.15) is 79.2 Å². The highest BCUT2D eigenvalue weighted by atomic mass is 32.1. The van der Waals surface area contributed by atoms with Gasteiger partial charge in [-0.15, -0.1) is 0 Å². The summed E-state index contributed by atoms with van der Waals surface area (Å²) in [5.74, 6) is 1.57. The second-order valence-corrected chi connectivity index (χ2v) is 9.81. The number of likely N-dealkylation sites (tertiary alicyclic amines) is 1. The summed E-state index contributed by atoms with van der Waals surface area (Å²) in [6.07, 6.45) is 3.63. The third-order valence-electron chi connectivity index (χ3n) is 5.90. The van der Waals surface area contributed by atoms with E-state index in [1.165, 1.54) is 19.3 Å². The first-order chi connectivity index (χ1) is 15.1. The number of nitrogens with one attached hydrogen (secondary N) is 4. The molecule has 1 aromatic rings. The quantitative estimate of drug-likeness (QED) is 0.139. The number of nitrogens with zero attached hydrogens (tertiary/aromatic N) is 3. The van der Waals surface area contributed by atoms with E-state index < -0.39 is 0 Å². The molecule has 2 heterocycles. The molecule has 180 valence electrons. The standard InChI is InChI=1S/C23H41N7OS/c1-8-24-16-26-27-17(3)20(28-29-21(32)25-9-2)19-12-11-18(31-19)15-30-22(4,5)13-10-14-23(30,6)7/h11-12,24,26H,8-10,13-16H2,1-7H3,(H2,25,29,32)/b27-17+,28-20-. The Kier molecular flexibility index (Phi) is 9.66. The third kappa shape index (κ3) is 7.28. The van der Waals surface area contributed by atoms with E-state index in [0.717, 1.165) is 25.4 Å². The second kappa shape index (κ2) is 11.8. The fourth-order valence-corrected chi connectivity index (χ4v) is 4.42. The highest BCUT2D eigenvalue weighted by Crippen LogP contribution is 2.39. The molecule has 1 fully saturated rings. The van der Waals surface area contributed by atoms with Gasteiger partial charge in [-0.2, -0.15) is 10.2 Å². The van der Waals surface area contributed by atoms with E-state index in [1.54, 1.807) is 0 Å². The predicted octanol–water partition coefficient (Wildman–Crippen LogP) is 3.54. The van der Waals surface area contributed by atoms with Crippen molar-refractivity contribution >= 4 is 28.8 Å². The van der Waals surface area contributed by atoms with E-state index in [9.17, 15) is 0 Å². The lowest BCUT2D eigenvalue weighted by atomic mass is 9.80. The Bertz CT molecular complexity index is 797. The second-order valence-electron chi connectivity index (χ2n) is 9.40. The fourth-order valence-electron chi connectivity index (χ4n) is 4.23. The monoisotopic (exact) mass is 463 g/mol. The highest BCUT2D eigenvalue weighted by Gasteiger charge is 2.41. The molecule has 0 saturated carbocycles. The van der Waals surface area contributed by atoms with Crippen LogP contribution in [0.15, 0.2) is 26.8 Å². The molecule has 0 radical (unpaired) electrons. The smallest absolute Gasteiger partial charge is 0.186 e. The maximum Gasteiger partial charge on any atom is 0.186 e. The molecule has 0 aliphatic carbocycles. The third-order valence-corrected chi connectivity index (χ3v) is 6.13. The van der Waals surface area contributed by atoms with Crippen LogP contribution in [0, 0.1) is 0 Å². The van der Waals surface area contributed by atoms with Crippen molar-refractivity contribution in [3.8, 4) is 0 Å². The van der Waals surface area contributed by atoms with E-state index in [-0.39, 0.29) is 11.1 Å². The number of rotatable bonds is 10. The van der Waals surface area contributed by atoms with Crippen LogP contribution in [-0.4, -0.2) is 52.3 Å². The van der Waals surface area contributed by atoms with Gasteiger partial charge in [0, 0.05) is 17.6 Å². The number of hydrogen-bond acceptors (Lipinski definition) is 7. The summed E-state index contributed by atoms with van der Waals surface area (Å²) in [6, 6.07) is 3.99. The van der Waals surface area contributed by atoms with Gasteiger partial charge in [-0.3, -0.25) is 21.1 Å². The highest BCUT2D eigenvalue weighted by molar-refractivity contribution is 7.80. The zero-order valence-corrected chi connectivity index (χ0v) is 21.6. The van der Waals surface area contributed by atoms with Crippen LogP contribution in [0.4, 0.5) is 0 Å².